The average molecular weight is 332 g/mol. The maximum absolute atomic E-state index is 12.4. The predicted octanol–water partition coefficient (Wildman–Crippen LogP) is 4.21. The summed E-state index contributed by atoms with van der Waals surface area (Å²) in [5.41, 5.74) is 2.21. The van der Waals surface area contributed by atoms with Gasteiger partial charge in [-0.3, -0.25) is 4.79 Å². The molecule has 1 atom stereocenters. The number of para-hydroxylation sites is 1. The van der Waals surface area contributed by atoms with Crippen molar-refractivity contribution >= 4 is 17.4 Å². The van der Waals surface area contributed by atoms with Gasteiger partial charge >= 0.3 is 0 Å². The Balaban J connectivity index is 1.77. The molecule has 1 heterocycles. The summed E-state index contributed by atoms with van der Waals surface area (Å²) < 4.78 is 0. The first kappa shape index (κ1) is 16.6. The molecule has 0 spiro atoms. The minimum Gasteiger partial charge on any atom is -0.363 e. The summed E-state index contributed by atoms with van der Waals surface area (Å²) in [6.45, 7) is 3.83. The summed E-state index contributed by atoms with van der Waals surface area (Å²) in [7, 11) is 0. The quantitative estimate of drug-likeness (QED) is 0.734. The predicted molar refractivity (Wildman–Crippen MR) is 99.6 cm³/mol. The van der Waals surface area contributed by atoms with Crippen LogP contribution in [0, 0.1) is 6.92 Å². The highest BCUT2D eigenvalue weighted by atomic mass is 16.1. The lowest BCUT2D eigenvalue weighted by Gasteiger charge is -2.16. The first-order chi connectivity index (χ1) is 12.1. The molecule has 1 unspecified atom stereocenters. The zero-order valence-corrected chi connectivity index (χ0v) is 14.2. The molecule has 3 aromatic rings. The number of hydrogen-bond donors (Lipinski definition) is 2. The van der Waals surface area contributed by atoms with E-state index in [-0.39, 0.29) is 11.9 Å². The van der Waals surface area contributed by atoms with Crippen molar-refractivity contribution in [2.75, 3.05) is 10.6 Å². The third-order valence-electron chi connectivity index (χ3n) is 3.77. The van der Waals surface area contributed by atoms with Gasteiger partial charge in [0.2, 0.25) is 0 Å². The molecule has 0 aliphatic heterocycles. The number of aryl methyl sites for hydroxylation is 1. The molecule has 0 bridgehead atoms. The molecule has 0 saturated heterocycles. The standard InChI is InChI=1S/C20H20N4O/c1-14(16-9-5-3-6-10-16)21-19-13-18(22-15(2)23-19)20(25)24-17-11-7-4-8-12-17/h3-14H,1-2H3,(H,24,25)(H,21,22,23). The summed E-state index contributed by atoms with van der Waals surface area (Å²) in [6.07, 6.45) is 0. The van der Waals surface area contributed by atoms with Gasteiger partial charge in [-0.15, -0.1) is 0 Å². The lowest BCUT2D eigenvalue weighted by atomic mass is 10.1. The lowest BCUT2D eigenvalue weighted by molar-refractivity contribution is 0.102. The number of aromatic nitrogens is 2. The second-order valence-electron chi connectivity index (χ2n) is 5.78. The van der Waals surface area contributed by atoms with Gasteiger partial charge in [-0.1, -0.05) is 48.5 Å². The molecule has 0 radical (unpaired) electrons. The summed E-state index contributed by atoms with van der Waals surface area (Å²) in [5, 5.41) is 6.17. The zero-order valence-electron chi connectivity index (χ0n) is 14.2. The van der Waals surface area contributed by atoms with Crippen LogP contribution in [0.4, 0.5) is 11.5 Å². The van der Waals surface area contributed by atoms with Crippen molar-refractivity contribution in [1.29, 1.82) is 0 Å². The van der Waals surface area contributed by atoms with Crippen molar-refractivity contribution in [2.24, 2.45) is 0 Å². The Hall–Kier alpha value is -3.21. The second-order valence-corrected chi connectivity index (χ2v) is 5.78. The van der Waals surface area contributed by atoms with Crippen LogP contribution in [0.25, 0.3) is 0 Å². The zero-order chi connectivity index (χ0) is 17.6. The molecule has 0 aliphatic rings. The van der Waals surface area contributed by atoms with Gasteiger partial charge in [0.25, 0.3) is 5.91 Å². The van der Waals surface area contributed by atoms with E-state index in [1.807, 2.05) is 48.5 Å². The van der Waals surface area contributed by atoms with E-state index in [4.69, 9.17) is 0 Å². The molecule has 0 aliphatic carbocycles. The van der Waals surface area contributed by atoms with Gasteiger partial charge in [-0.05, 0) is 31.5 Å². The monoisotopic (exact) mass is 332 g/mol. The summed E-state index contributed by atoms with van der Waals surface area (Å²) in [5.74, 6) is 0.914. The van der Waals surface area contributed by atoms with Crippen LogP contribution in [0.1, 0.15) is 34.8 Å². The van der Waals surface area contributed by atoms with Crippen LogP contribution in [-0.2, 0) is 0 Å². The third kappa shape index (κ3) is 4.41. The van der Waals surface area contributed by atoms with Crippen LogP contribution < -0.4 is 10.6 Å². The Morgan fingerprint density at radius 3 is 2.28 bits per heavy atom. The van der Waals surface area contributed by atoms with Gasteiger partial charge in [0.05, 0.1) is 0 Å². The number of amides is 1. The molecular weight excluding hydrogens is 312 g/mol. The van der Waals surface area contributed by atoms with Crippen molar-refractivity contribution in [3.8, 4) is 0 Å². The highest BCUT2D eigenvalue weighted by Gasteiger charge is 2.12. The molecular formula is C20H20N4O. The number of rotatable bonds is 5. The Morgan fingerprint density at radius 1 is 0.960 bits per heavy atom. The van der Waals surface area contributed by atoms with E-state index in [1.165, 1.54) is 0 Å². The van der Waals surface area contributed by atoms with Crippen LogP contribution in [0.5, 0.6) is 0 Å². The fourth-order valence-electron chi connectivity index (χ4n) is 2.52. The number of nitrogens with zero attached hydrogens (tertiary/aromatic N) is 2. The first-order valence-electron chi connectivity index (χ1n) is 8.15. The normalized spacial score (nSPS) is 11.6. The molecule has 1 amide bonds. The number of carbonyl (C=O) groups excluding carboxylic acids is 1. The van der Waals surface area contributed by atoms with Gasteiger partial charge in [0.1, 0.15) is 17.3 Å². The highest BCUT2D eigenvalue weighted by Crippen LogP contribution is 2.18. The van der Waals surface area contributed by atoms with E-state index < -0.39 is 0 Å². The molecule has 5 heteroatoms. The fourth-order valence-corrected chi connectivity index (χ4v) is 2.52. The Kier molecular flexibility index (Phi) is 5.04. The van der Waals surface area contributed by atoms with Gasteiger partial charge < -0.3 is 10.6 Å². The van der Waals surface area contributed by atoms with Gasteiger partial charge in [0, 0.05) is 17.8 Å². The fraction of sp³-hybridized carbons (Fsp3) is 0.150. The van der Waals surface area contributed by atoms with Crippen LogP contribution in [0.15, 0.2) is 66.7 Å². The molecule has 2 N–H and O–H groups in total. The number of hydrogen-bond acceptors (Lipinski definition) is 4. The summed E-state index contributed by atoms with van der Waals surface area (Å²) in [6, 6.07) is 21.1. The van der Waals surface area contributed by atoms with E-state index in [0.29, 0.717) is 17.3 Å². The van der Waals surface area contributed by atoms with E-state index in [1.54, 1.807) is 13.0 Å². The van der Waals surface area contributed by atoms with Crippen LogP contribution >= 0.6 is 0 Å². The molecule has 0 fully saturated rings. The second kappa shape index (κ2) is 7.57. The maximum atomic E-state index is 12.4. The number of nitrogens with one attached hydrogen (secondary N) is 2. The maximum Gasteiger partial charge on any atom is 0.274 e. The molecule has 1 aromatic heterocycles. The third-order valence-corrected chi connectivity index (χ3v) is 3.77. The van der Waals surface area contributed by atoms with Crippen LogP contribution in [-0.4, -0.2) is 15.9 Å². The number of carbonyl (C=O) groups is 1. The van der Waals surface area contributed by atoms with Crippen molar-refractivity contribution in [3.05, 3.63) is 83.8 Å². The largest absolute Gasteiger partial charge is 0.363 e. The van der Waals surface area contributed by atoms with Crippen LogP contribution in [0.2, 0.25) is 0 Å². The summed E-state index contributed by atoms with van der Waals surface area (Å²) >= 11 is 0. The Bertz CT molecular complexity index is 850. The Labute approximate surface area is 147 Å². The van der Waals surface area contributed by atoms with Crippen molar-refractivity contribution < 1.29 is 4.79 Å². The van der Waals surface area contributed by atoms with Crippen molar-refractivity contribution in [2.45, 2.75) is 19.9 Å². The number of benzene rings is 2. The highest BCUT2D eigenvalue weighted by molar-refractivity contribution is 6.03. The van der Waals surface area contributed by atoms with Crippen molar-refractivity contribution in [1.82, 2.24) is 9.97 Å². The SMILES string of the molecule is Cc1nc(NC(C)c2ccccc2)cc(C(=O)Nc2ccccc2)n1. The molecule has 3 rings (SSSR count). The number of anilines is 2. The topological polar surface area (TPSA) is 66.9 Å². The lowest BCUT2D eigenvalue weighted by Crippen LogP contribution is -2.16. The molecule has 126 valence electrons. The van der Waals surface area contributed by atoms with E-state index in [2.05, 4.69) is 39.7 Å². The molecule has 2 aromatic carbocycles. The molecule has 0 saturated carbocycles. The Morgan fingerprint density at radius 2 is 1.60 bits per heavy atom. The van der Waals surface area contributed by atoms with Crippen LogP contribution in [0.3, 0.4) is 0 Å². The molecule has 25 heavy (non-hydrogen) atoms. The first-order valence-corrected chi connectivity index (χ1v) is 8.15. The van der Waals surface area contributed by atoms with E-state index in [0.717, 1.165) is 11.3 Å². The van der Waals surface area contributed by atoms with Gasteiger partial charge in [-0.25, -0.2) is 9.97 Å². The van der Waals surface area contributed by atoms with Crippen molar-refractivity contribution in [3.63, 3.8) is 0 Å². The summed E-state index contributed by atoms with van der Waals surface area (Å²) in [4.78, 5) is 21.1. The molecule has 5 nitrogen and oxygen atoms in total. The smallest absolute Gasteiger partial charge is 0.274 e. The van der Waals surface area contributed by atoms with E-state index >= 15 is 0 Å². The average Bonchev–Trinajstić information content (AvgIpc) is 2.63. The minimum atomic E-state index is -0.257. The van der Waals surface area contributed by atoms with E-state index in [9.17, 15) is 4.79 Å². The minimum absolute atomic E-state index is 0.0699. The van der Waals surface area contributed by atoms with Gasteiger partial charge in [-0.2, -0.15) is 0 Å². The van der Waals surface area contributed by atoms with Gasteiger partial charge in [0.15, 0.2) is 0 Å².